The number of hydrogen-bond acceptors (Lipinski definition) is 8. The molecular formula is C26H25N9O3. The first-order chi connectivity index (χ1) is 18.4. The number of carbonyl (C=O) groups excluding carboxylic acids is 1. The minimum atomic E-state index is -0.848. The van der Waals surface area contributed by atoms with Gasteiger partial charge in [-0.15, -0.1) is 0 Å². The van der Waals surface area contributed by atoms with E-state index in [-0.39, 0.29) is 11.2 Å². The van der Waals surface area contributed by atoms with Gasteiger partial charge in [-0.25, -0.2) is 24.3 Å². The lowest BCUT2D eigenvalue weighted by Crippen LogP contribution is -2.40. The molecule has 2 aliphatic rings. The first-order valence-electron chi connectivity index (χ1n) is 12.4. The first kappa shape index (κ1) is 23.6. The molecule has 4 aromatic rings. The molecule has 2 fully saturated rings. The number of carbonyl (C=O) groups is 1. The second-order valence-electron chi connectivity index (χ2n) is 9.85. The van der Waals surface area contributed by atoms with Gasteiger partial charge in [0.1, 0.15) is 24.2 Å². The van der Waals surface area contributed by atoms with Crippen molar-refractivity contribution < 1.29 is 4.79 Å². The van der Waals surface area contributed by atoms with Crippen molar-refractivity contribution >= 4 is 28.7 Å². The fraction of sp³-hybridized carbons (Fsp3) is 0.346. The van der Waals surface area contributed by atoms with Gasteiger partial charge >= 0.3 is 5.69 Å². The summed E-state index contributed by atoms with van der Waals surface area (Å²) in [6, 6.07) is 10.3. The van der Waals surface area contributed by atoms with E-state index in [0.29, 0.717) is 11.5 Å². The summed E-state index contributed by atoms with van der Waals surface area (Å²) in [6.07, 6.45) is 4.48. The van der Waals surface area contributed by atoms with Crippen LogP contribution in [0.2, 0.25) is 0 Å². The van der Waals surface area contributed by atoms with Crippen molar-refractivity contribution in [1.82, 2.24) is 28.7 Å². The van der Waals surface area contributed by atoms with Crippen molar-refractivity contribution in [2.75, 3.05) is 23.3 Å². The number of aryl methyl sites for hydroxylation is 1. The second kappa shape index (κ2) is 8.95. The molecule has 192 valence electrons. The Labute approximate surface area is 216 Å². The third-order valence-electron chi connectivity index (χ3n) is 7.43. The monoisotopic (exact) mass is 511 g/mol. The number of nitrogens with zero attached hydrogens (tertiary/aromatic N) is 8. The van der Waals surface area contributed by atoms with Crippen molar-refractivity contribution in [1.29, 1.82) is 5.26 Å². The summed E-state index contributed by atoms with van der Waals surface area (Å²) in [7, 11) is 1.46. The predicted molar refractivity (Wildman–Crippen MR) is 139 cm³/mol. The fourth-order valence-electron chi connectivity index (χ4n) is 5.12. The van der Waals surface area contributed by atoms with Gasteiger partial charge in [-0.1, -0.05) is 6.07 Å². The van der Waals surface area contributed by atoms with E-state index in [1.165, 1.54) is 28.9 Å². The van der Waals surface area contributed by atoms with E-state index >= 15 is 0 Å². The van der Waals surface area contributed by atoms with Crippen LogP contribution in [0, 0.1) is 23.2 Å². The van der Waals surface area contributed by atoms with Gasteiger partial charge in [-0.3, -0.25) is 14.2 Å². The quantitative estimate of drug-likeness (QED) is 0.410. The molecule has 0 aromatic carbocycles. The normalized spacial score (nSPS) is 18.7. The van der Waals surface area contributed by atoms with Gasteiger partial charge in [0.25, 0.3) is 5.56 Å². The number of imidazole rings is 1. The van der Waals surface area contributed by atoms with Crippen LogP contribution < -0.4 is 21.5 Å². The summed E-state index contributed by atoms with van der Waals surface area (Å²) in [5.74, 6) is 2.55. The van der Waals surface area contributed by atoms with E-state index in [1.807, 2.05) is 24.3 Å². The summed E-state index contributed by atoms with van der Waals surface area (Å²) in [4.78, 5) is 54.2. The van der Waals surface area contributed by atoms with Gasteiger partial charge in [0.15, 0.2) is 11.2 Å². The molecule has 12 heteroatoms. The maximum absolute atomic E-state index is 13.2. The Morgan fingerprint density at radius 3 is 2.68 bits per heavy atom. The second-order valence-corrected chi connectivity index (χ2v) is 9.85. The third-order valence-corrected chi connectivity index (χ3v) is 7.43. The highest BCUT2D eigenvalue weighted by Gasteiger charge is 2.45. The fourth-order valence-corrected chi connectivity index (χ4v) is 5.12. The van der Waals surface area contributed by atoms with E-state index in [4.69, 9.17) is 5.26 Å². The molecule has 0 spiro atoms. The SMILES string of the molecule is C[C@@H](C(=O)Nc1cccc(-c2ccc(N3CC4CC4C3)nc2)n1)n1cnc2c1c(=O)n(CC#N)c(=O)n2C. The molecule has 1 saturated heterocycles. The molecule has 5 heterocycles. The minimum absolute atomic E-state index is 0.0631. The van der Waals surface area contributed by atoms with Crippen LogP contribution in [0.4, 0.5) is 11.6 Å². The Morgan fingerprint density at radius 2 is 1.97 bits per heavy atom. The van der Waals surface area contributed by atoms with Crippen molar-refractivity contribution in [2.24, 2.45) is 18.9 Å². The topological polar surface area (TPSA) is 144 Å². The zero-order chi connectivity index (χ0) is 26.6. The Balaban J connectivity index is 1.23. The average molecular weight is 512 g/mol. The van der Waals surface area contributed by atoms with Crippen molar-refractivity contribution in [3.63, 3.8) is 0 Å². The van der Waals surface area contributed by atoms with Crippen LogP contribution >= 0.6 is 0 Å². The molecule has 2 unspecified atom stereocenters. The maximum atomic E-state index is 13.2. The van der Waals surface area contributed by atoms with Crippen LogP contribution in [0.15, 0.2) is 52.4 Å². The molecule has 1 saturated carbocycles. The zero-order valence-electron chi connectivity index (χ0n) is 20.9. The van der Waals surface area contributed by atoms with Crippen molar-refractivity contribution in [3.05, 3.63) is 63.7 Å². The molecule has 6 rings (SSSR count). The lowest BCUT2D eigenvalue weighted by Gasteiger charge is -2.19. The van der Waals surface area contributed by atoms with Gasteiger partial charge in [0.05, 0.1) is 18.1 Å². The highest BCUT2D eigenvalue weighted by atomic mass is 16.2. The number of piperidine rings is 1. The average Bonchev–Trinajstić information content (AvgIpc) is 3.32. The molecule has 1 aliphatic heterocycles. The lowest BCUT2D eigenvalue weighted by atomic mass is 10.2. The molecule has 1 N–H and O–H groups in total. The molecule has 3 atom stereocenters. The van der Waals surface area contributed by atoms with E-state index in [9.17, 15) is 14.4 Å². The smallest absolute Gasteiger partial charge is 0.333 e. The molecule has 0 bridgehead atoms. The number of rotatable bonds is 6. The Kier molecular flexibility index (Phi) is 5.56. The highest BCUT2D eigenvalue weighted by molar-refractivity contribution is 5.93. The van der Waals surface area contributed by atoms with Crippen LogP contribution in [-0.2, 0) is 18.4 Å². The van der Waals surface area contributed by atoms with E-state index < -0.39 is 29.7 Å². The molecule has 1 amide bonds. The number of nitrogens with one attached hydrogen (secondary N) is 1. The van der Waals surface area contributed by atoms with Gasteiger partial charge in [0.2, 0.25) is 5.91 Å². The zero-order valence-corrected chi connectivity index (χ0v) is 20.9. The molecular weight excluding hydrogens is 486 g/mol. The number of nitriles is 1. The third kappa shape index (κ3) is 3.92. The Hall–Kier alpha value is -4.79. The Bertz CT molecular complexity index is 1720. The van der Waals surface area contributed by atoms with Crippen molar-refractivity contribution in [2.45, 2.75) is 25.9 Å². The maximum Gasteiger partial charge on any atom is 0.333 e. The van der Waals surface area contributed by atoms with Crippen molar-refractivity contribution in [3.8, 4) is 17.3 Å². The van der Waals surface area contributed by atoms with Crippen LogP contribution in [-0.4, -0.2) is 47.6 Å². The lowest BCUT2D eigenvalue weighted by molar-refractivity contribution is -0.118. The van der Waals surface area contributed by atoms with Crippen LogP contribution in [0.3, 0.4) is 0 Å². The Morgan fingerprint density at radius 1 is 1.18 bits per heavy atom. The van der Waals surface area contributed by atoms with E-state index in [1.54, 1.807) is 25.3 Å². The standard InChI is InChI=1S/C26H25N9O3/c1-15(35-14-29-23-22(35)25(37)34(9-8-27)26(38)32(23)2)24(36)31-20-5-3-4-19(30-20)16-6-7-21(28-11-16)33-12-17-10-18(17)13-33/h3-7,11,14-15,17-18H,9-10,12-13H2,1-2H3,(H,30,31,36)/t15-,17?,18?/m0/s1. The predicted octanol–water partition coefficient (Wildman–Crippen LogP) is 1.53. The van der Waals surface area contributed by atoms with E-state index in [0.717, 1.165) is 40.9 Å². The number of hydrogen-bond donors (Lipinski definition) is 1. The first-order valence-corrected chi connectivity index (χ1v) is 12.4. The van der Waals surface area contributed by atoms with Gasteiger partial charge in [-0.05, 0) is 49.4 Å². The van der Waals surface area contributed by atoms with Crippen LogP contribution in [0.1, 0.15) is 19.4 Å². The summed E-state index contributed by atoms with van der Waals surface area (Å²) in [5.41, 5.74) is 0.378. The summed E-state index contributed by atoms with van der Waals surface area (Å²) in [5, 5.41) is 11.8. The molecule has 4 aromatic heterocycles. The van der Waals surface area contributed by atoms with Crippen LogP contribution in [0.25, 0.3) is 22.4 Å². The molecule has 1 aliphatic carbocycles. The molecule has 38 heavy (non-hydrogen) atoms. The number of fused-ring (bicyclic) bond motifs is 2. The van der Waals surface area contributed by atoms with E-state index in [2.05, 4.69) is 25.2 Å². The number of anilines is 2. The largest absolute Gasteiger partial charge is 0.356 e. The highest BCUT2D eigenvalue weighted by Crippen LogP contribution is 2.45. The van der Waals surface area contributed by atoms with Gasteiger partial charge in [-0.2, -0.15) is 5.26 Å². The van der Waals surface area contributed by atoms with Crippen LogP contribution in [0.5, 0.6) is 0 Å². The minimum Gasteiger partial charge on any atom is -0.356 e. The van der Waals surface area contributed by atoms with Gasteiger partial charge < -0.3 is 14.8 Å². The number of amides is 1. The summed E-state index contributed by atoms with van der Waals surface area (Å²) < 4.78 is 3.41. The number of aromatic nitrogens is 6. The molecule has 0 radical (unpaired) electrons. The summed E-state index contributed by atoms with van der Waals surface area (Å²) >= 11 is 0. The van der Waals surface area contributed by atoms with Gasteiger partial charge in [0, 0.05) is 31.9 Å². The molecule has 12 nitrogen and oxygen atoms in total. The number of pyridine rings is 2. The summed E-state index contributed by atoms with van der Waals surface area (Å²) in [6.45, 7) is 3.36.